The summed E-state index contributed by atoms with van der Waals surface area (Å²) < 4.78 is 0. The minimum atomic E-state index is 0.168. The first-order chi connectivity index (χ1) is 8.58. The van der Waals surface area contributed by atoms with E-state index in [-0.39, 0.29) is 5.91 Å². The zero-order chi connectivity index (χ0) is 13.1. The van der Waals surface area contributed by atoms with Crippen LogP contribution in [0.15, 0.2) is 6.07 Å². The minimum Gasteiger partial charge on any atom is -0.341 e. The fourth-order valence-electron chi connectivity index (χ4n) is 2.42. The smallest absolute Gasteiger partial charge is 0.263 e. The summed E-state index contributed by atoms with van der Waals surface area (Å²) in [7, 11) is 1.92. The van der Waals surface area contributed by atoms with Crippen molar-refractivity contribution in [1.82, 2.24) is 10.2 Å². The van der Waals surface area contributed by atoms with E-state index in [1.807, 2.05) is 18.0 Å². The Morgan fingerprint density at radius 2 is 2.33 bits per heavy atom. The Labute approximate surface area is 113 Å². The summed E-state index contributed by atoms with van der Waals surface area (Å²) in [5.41, 5.74) is 1.22. The van der Waals surface area contributed by atoms with Gasteiger partial charge in [0, 0.05) is 18.5 Å². The maximum Gasteiger partial charge on any atom is 0.263 e. The van der Waals surface area contributed by atoms with Gasteiger partial charge in [-0.2, -0.15) is 0 Å². The van der Waals surface area contributed by atoms with Crippen LogP contribution in [0, 0.1) is 19.8 Å². The molecule has 1 aromatic rings. The van der Waals surface area contributed by atoms with Crippen molar-refractivity contribution in [3.8, 4) is 0 Å². The van der Waals surface area contributed by atoms with Crippen molar-refractivity contribution < 1.29 is 4.79 Å². The van der Waals surface area contributed by atoms with Crippen LogP contribution in [0.1, 0.15) is 33.0 Å². The molecule has 1 amide bonds. The number of nitrogens with one attached hydrogen (secondary N) is 1. The predicted molar refractivity (Wildman–Crippen MR) is 76.3 cm³/mol. The van der Waals surface area contributed by atoms with Gasteiger partial charge in [0.15, 0.2) is 0 Å². The largest absolute Gasteiger partial charge is 0.341 e. The third-order valence-electron chi connectivity index (χ3n) is 3.65. The van der Waals surface area contributed by atoms with Crippen molar-refractivity contribution in [2.24, 2.45) is 5.92 Å². The Morgan fingerprint density at radius 1 is 1.56 bits per heavy atom. The van der Waals surface area contributed by atoms with Gasteiger partial charge in [-0.15, -0.1) is 11.3 Å². The van der Waals surface area contributed by atoms with E-state index >= 15 is 0 Å². The van der Waals surface area contributed by atoms with Crippen LogP contribution in [0.5, 0.6) is 0 Å². The molecule has 1 unspecified atom stereocenters. The molecule has 100 valence electrons. The van der Waals surface area contributed by atoms with E-state index in [9.17, 15) is 4.79 Å². The van der Waals surface area contributed by atoms with E-state index in [4.69, 9.17) is 0 Å². The molecule has 1 atom stereocenters. The molecule has 0 radical (unpaired) electrons. The summed E-state index contributed by atoms with van der Waals surface area (Å²) >= 11 is 1.61. The second-order valence-corrected chi connectivity index (χ2v) is 6.50. The molecule has 1 N–H and O–H groups in total. The van der Waals surface area contributed by atoms with Gasteiger partial charge in [0.05, 0.1) is 4.88 Å². The normalized spacial score (nSPS) is 19.8. The fourth-order valence-corrected chi connectivity index (χ4v) is 3.45. The lowest BCUT2D eigenvalue weighted by Gasteiger charge is -2.27. The molecular weight excluding hydrogens is 244 g/mol. The molecule has 0 aromatic carbocycles. The summed E-state index contributed by atoms with van der Waals surface area (Å²) in [6.07, 6.45) is 2.46. The van der Waals surface area contributed by atoms with Gasteiger partial charge in [0.1, 0.15) is 0 Å². The highest BCUT2D eigenvalue weighted by Gasteiger charge is 2.20. The third kappa shape index (κ3) is 3.12. The molecule has 1 aliphatic heterocycles. The van der Waals surface area contributed by atoms with Crippen molar-refractivity contribution in [2.75, 3.05) is 26.7 Å². The van der Waals surface area contributed by atoms with Crippen molar-refractivity contribution in [3.05, 3.63) is 21.4 Å². The lowest BCUT2D eigenvalue weighted by Crippen LogP contribution is -2.38. The summed E-state index contributed by atoms with van der Waals surface area (Å²) in [5, 5.41) is 3.40. The van der Waals surface area contributed by atoms with Crippen LogP contribution in [0.3, 0.4) is 0 Å². The van der Waals surface area contributed by atoms with Gasteiger partial charge >= 0.3 is 0 Å². The number of carbonyl (C=O) groups excluding carboxylic acids is 1. The number of piperidine rings is 1. The molecule has 4 heteroatoms. The standard InChI is InChI=1S/C14H22N2OS/c1-10-7-13(18-11(10)2)14(17)16(3)9-12-5-4-6-15-8-12/h7,12,15H,4-6,8-9H2,1-3H3. The zero-order valence-electron chi connectivity index (χ0n) is 11.5. The molecule has 1 saturated heterocycles. The van der Waals surface area contributed by atoms with Crippen LogP contribution in [-0.4, -0.2) is 37.5 Å². The summed E-state index contributed by atoms with van der Waals surface area (Å²) in [5.74, 6) is 0.775. The number of carbonyl (C=O) groups is 1. The first-order valence-electron chi connectivity index (χ1n) is 6.61. The van der Waals surface area contributed by atoms with Gasteiger partial charge < -0.3 is 10.2 Å². The summed E-state index contributed by atoms with van der Waals surface area (Å²) in [6.45, 7) is 7.16. The maximum absolute atomic E-state index is 12.3. The topological polar surface area (TPSA) is 32.3 Å². The quantitative estimate of drug-likeness (QED) is 0.911. The Kier molecular flexibility index (Phi) is 4.40. The molecule has 1 aliphatic rings. The molecular formula is C14H22N2OS. The Hall–Kier alpha value is -0.870. The number of amides is 1. The molecule has 0 saturated carbocycles. The number of hydrogen-bond donors (Lipinski definition) is 1. The van der Waals surface area contributed by atoms with Crippen molar-refractivity contribution >= 4 is 17.2 Å². The molecule has 18 heavy (non-hydrogen) atoms. The van der Waals surface area contributed by atoms with E-state index in [0.29, 0.717) is 5.92 Å². The van der Waals surface area contributed by atoms with Crippen molar-refractivity contribution in [1.29, 1.82) is 0 Å². The second-order valence-electron chi connectivity index (χ2n) is 5.25. The molecule has 2 rings (SSSR count). The first kappa shape index (κ1) is 13.6. The maximum atomic E-state index is 12.3. The number of aryl methyl sites for hydroxylation is 2. The van der Waals surface area contributed by atoms with Gasteiger partial charge in [-0.25, -0.2) is 0 Å². The van der Waals surface area contributed by atoms with E-state index in [2.05, 4.69) is 19.2 Å². The van der Waals surface area contributed by atoms with Crippen LogP contribution in [0.4, 0.5) is 0 Å². The van der Waals surface area contributed by atoms with E-state index < -0.39 is 0 Å². The van der Waals surface area contributed by atoms with Crippen molar-refractivity contribution in [3.63, 3.8) is 0 Å². The Morgan fingerprint density at radius 3 is 2.89 bits per heavy atom. The van der Waals surface area contributed by atoms with Crippen LogP contribution < -0.4 is 5.32 Å². The van der Waals surface area contributed by atoms with Crippen LogP contribution >= 0.6 is 11.3 Å². The number of thiophene rings is 1. The number of hydrogen-bond acceptors (Lipinski definition) is 3. The van der Waals surface area contributed by atoms with Gasteiger partial charge in [-0.3, -0.25) is 4.79 Å². The number of nitrogens with zero attached hydrogens (tertiary/aromatic N) is 1. The first-order valence-corrected chi connectivity index (χ1v) is 7.43. The van der Waals surface area contributed by atoms with E-state index in [1.54, 1.807) is 11.3 Å². The minimum absolute atomic E-state index is 0.168. The average molecular weight is 266 g/mol. The zero-order valence-corrected chi connectivity index (χ0v) is 12.3. The summed E-state index contributed by atoms with van der Waals surface area (Å²) in [6, 6.07) is 2.01. The highest BCUT2D eigenvalue weighted by molar-refractivity contribution is 7.14. The molecule has 0 aliphatic carbocycles. The monoisotopic (exact) mass is 266 g/mol. The number of rotatable bonds is 3. The van der Waals surface area contributed by atoms with Gasteiger partial charge in [0.25, 0.3) is 5.91 Å². The highest BCUT2D eigenvalue weighted by Crippen LogP contribution is 2.22. The van der Waals surface area contributed by atoms with Crippen LogP contribution in [-0.2, 0) is 0 Å². The molecule has 1 fully saturated rings. The Bertz CT molecular complexity index is 402. The van der Waals surface area contributed by atoms with Crippen molar-refractivity contribution in [2.45, 2.75) is 26.7 Å². The molecule has 0 bridgehead atoms. The predicted octanol–water partition coefficient (Wildman–Crippen LogP) is 2.44. The summed E-state index contributed by atoms with van der Waals surface area (Å²) in [4.78, 5) is 16.3. The average Bonchev–Trinajstić information content (AvgIpc) is 2.70. The van der Waals surface area contributed by atoms with Crippen LogP contribution in [0.2, 0.25) is 0 Å². The third-order valence-corrected chi connectivity index (χ3v) is 4.80. The highest BCUT2D eigenvalue weighted by atomic mass is 32.1. The molecule has 0 spiro atoms. The molecule has 1 aromatic heterocycles. The SMILES string of the molecule is Cc1cc(C(=O)N(C)CC2CCCNC2)sc1C. The van der Waals surface area contributed by atoms with E-state index in [1.165, 1.54) is 23.3 Å². The Balaban J connectivity index is 1.95. The molecule has 2 heterocycles. The van der Waals surface area contributed by atoms with Crippen LogP contribution in [0.25, 0.3) is 0 Å². The lowest BCUT2D eigenvalue weighted by atomic mass is 9.99. The van der Waals surface area contributed by atoms with Gasteiger partial charge in [-0.05, 0) is 57.3 Å². The fraction of sp³-hybridized carbons (Fsp3) is 0.643. The molecule has 3 nitrogen and oxygen atoms in total. The van der Waals surface area contributed by atoms with Gasteiger partial charge in [0.2, 0.25) is 0 Å². The van der Waals surface area contributed by atoms with Gasteiger partial charge in [-0.1, -0.05) is 0 Å². The lowest BCUT2D eigenvalue weighted by molar-refractivity contribution is 0.0769. The second kappa shape index (κ2) is 5.85. The van der Waals surface area contributed by atoms with E-state index in [0.717, 1.165) is 24.5 Å².